The van der Waals surface area contributed by atoms with Crippen LogP contribution < -0.4 is 0 Å². The van der Waals surface area contributed by atoms with Gasteiger partial charge in [0, 0.05) is 30.4 Å². The van der Waals surface area contributed by atoms with Gasteiger partial charge >= 0.3 is 0 Å². The van der Waals surface area contributed by atoms with E-state index >= 15 is 0 Å². The molecule has 0 radical (unpaired) electrons. The molecule has 1 amide bonds. The van der Waals surface area contributed by atoms with Gasteiger partial charge in [-0.1, -0.05) is 31.4 Å². The topological polar surface area (TPSA) is 53.4 Å². The van der Waals surface area contributed by atoms with E-state index < -0.39 is 5.41 Å². The van der Waals surface area contributed by atoms with Crippen molar-refractivity contribution in [3.8, 4) is 0 Å². The van der Waals surface area contributed by atoms with Gasteiger partial charge in [0.25, 0.3) is 0 Å². The lowest BCUT2D eigenvalue weighted by molar-refractivity contribution is -0.140. The summed E-state index contributed by atoms with van der Waals surface area (Å²) in [4.78, 5) is 20.6. The molecule has 4 nitrogen and oxygen atoms in total. The van der Waals surface area contributed by atoms with E-state index in [9.17, 15) is 9.90 Å². The molecule has 5 heteroatoms. The van der Waals surface area contributed by atoms with Gasteiger partial charge in [-0.3, -0.25) is 9.78 Å². The maximum Gasteiger partial charge on any atom is 0.234 e. The Labute approximate surface area is 147 Å². The standard InChI is InChI=1S/C19H24N2O2S/c22-12-11-21(15-16-6-4-10-20-14-16)18(23)19(8-2-1-3-9-19)17-7-5-13-24-17/h4-7,10,13-14,22H,1-3,8-9,11-12,15H2. The molecule has 1 aliphatic rings. The number of aliphatic hydroxyl groups excluding tert-OH is 1. The van der Waals surface area contributed by atoms with Gasteiger partial charge in [0.15, 0.2) is 0 Å². The van der Waals surface area contributed by atoms with Crippen molar-refractivity contribution >= 4 is 17.2 Å². The summed E-state index contributed by atoms with van der Waals surface area (Å²) in [5, 5.41) is 11.5. The molecule has 2 heterocycles. The number of hydrogen-bond donors (Lipinski definition) is 1. The maximum absolute atomic E-state index is 13.5. The van der Waals surface area contributed by atoms with Crippen molar-refractivity contribution in [2.24, 2.45) is 0 Å². The average Bonchev–Trinajstić information content (AvgIpc) is 3.17. The third-order valence-corrected chi connectivity index (χ3v) is 5.94. The number of carbonyl (C=O) groups excluding carboxylic acids is 1. The normalized spacial score (nSPS) is 16.7. The van der Waals surface area contributed by atoms with Crippen LogP contribution in [0, 0.1) is 0 Å². The Morgan fingerprint density at radius 1 is 1.25 bits per heavy atom. The Morgan fingerprint density at radius 3 is 2.71 bits per heavy atom. The first-order valence-electron chi connectivity index (χ1n) is 8.59. The average molecular weight is 344 g/mol. The number of aromatic nitrogens is 1. The summed E-state index contributed by atoms with van der Waals surface area (Å²) in [5.74, 6) is 0.155. The zero-order valence-corrected chi connectivity index (χ0v) is 14.7. The molecular formula is C19H24N2O2S. The molecule has 0 saturated heterocycles. The summed E-state index contributed by atoms with van der Waals surface area (Å²) >= 11 is 1.68. The first-order chi connectivity index (χ1) is 11.8. The lowest BCUT2D eigenvalue weighted by Gasteiger charge is -2.39. The van der Waals surface area contributed by atoms with E-state index in [1.165, 1.54) is 11.3 Å². The Hall–Kier alpha value is -1.72. The zero-order valence-electron chi connectivity index (χ0n) is 13.9. The van der Waals surface area contributed by atoms with Gasteiger partial charge < -0.3 is 10.0 Å². The van der Waals surface area contributed by atoms with E-state index in [1.54, 1.807) is 23.7 Å². The summed E-state index contributed by atoms with van der Waals surface area (Å²) in [7, 11) is 0. The largest absolute Gasteiger partial charge is 0.395 e. The molecule has 0 aromatic carbocycles. The number of hydrogen-bond acceptors (Lipinski definition) is 4. The summed E-state index contributed by atoms with van der Waals surface area (Å²) in [6.07, 6.45) is 8.70. The second-order valence-electron chi connectivity index (χ2n) is 6.43. The van der Waals surface area contributed by atoms with Crippen molar-refractivity contribution in [3.63, 3.8) is 0 Å². The second kappa shape index (κ2) is 7.90. The van der Waals surface area contributed by atoms with Gasteiger partial charge in [0.1, 0.15) is 0 Å². The summed E-state index contributed by atoms with van der Waals surface area (Å²) in [5.41, 5.74) is 0.584. The number of aliphatic hydroxyl groups is 1. The molecule has 24 heavy (non-hydrogen) atoms. The third-order valence-electron chi connectivity index (χ3n) is 4.86. The summed E-state index contributed by atoms with van der Waals surface area (Å²) in [6.45, 7) is 0.841. The molecule has 1 aliphatic carbocycles. The second-order valence-corrected chi connectivity index (χ2v) is 7.38. The van der Waals surface area contributed by atoms with E-state index in [0.29, 0.717) is 13.1 Å². The molecule has 0 bridgehead atoms. The van der Waals surface area contributed by atoms with Crippen LogP contribution in [-0.4, -0.2) is 34.0 Å². The molecule has 0 aliphatic heterocycles. The van der Waals surface area contributed by atoms with Crippen LogP contribution in [0.15, 0.2) is 42.0 Å². The van der Waals surface area contributed by atoms with Gasteiger partial charge in [-0.05, 0) is 35.9 Å². The highest BCUT2D eigenvalue weighted by molar-refractivity contribution is 7.10. The highest BCUT2D eigenvalue weighted by atomic mass is 32.1. The monoisotopic (exact) mass is 344 g/mol. The third kappa shape index (κ3) is 3.52. The van der Waals surface area contributed by atoms with Gasteiger partial charge in [0.2, 0.25) is 5.91 Å². The number of thiophene rings is 1. The summed E-state index contributed by atoms with van der Waals surface area (Å²) in [6, 6.07) is 7.98. The number of pyridine rings is 1. The predicted octanol–water partition coefficient (Wildman–Crippen LogP) is 3.37. The Bertz CT molecular complexity index is 637. The van der Waals surface area contributed by atoms with Crippen molar-refractivity contribution in [1.29, 1.82) is 0 Å². The SMILES string of the molecule is O=C(N(CCO)Cc1cccnc1)C1(c2cccs2)CCCCC1. The van der Waals surface area contributed by atoms with Crippen LogP contribution in [0.1, 0.15) is 42.5 Å². The van der Waals surface area contributed by atoms with Crippen LogP contribution in [0.4, 0.5) is 0 Å². The number of rotatable bonds is 6. The Morgan fingerprint density at radius 2 is 2.08 bits per heavy atom. The van der Waals surface area contributed by atoms with Crippen LogP contribution in [0.2, 0.25) is 0 Å². The fourth-order valence-electron chi connectivity index (χ4n) is 3.66. The van der Waals surface area contributed by atoms with Crippen LogP contribution >= 0.6 is 11.3 Å². The van der Waals surface area contributed by atoms with E-state index in [2.05, 4.69) is 16.4 Å². The van der Waals surface area contributed by atoms with Crippen molar-refractivity contribution in [1.82, 2.24) is 9.88 Å². The smallest absolute Gasteiger partial charge is 0.234 e. The molecule has 2 aromatic heterocycles. The molecule has 0 unspecified atom stereocenters. The lowest BCUT2D eigenvalue weighted by Crippen LogP contribution is -2.48. The van der Waals surface area contributed by atoms with Crippen LogP contribution in [0.25, 0.3) is 0 Å². The quantitative estimate of drug-likeness (QED) is 0.874. The van der Waals surface area contributed by atoms with Crippen LogP contribution in [0.3, 0.4) is 0 Å². The Kier molecular flexibility index (Phi) is 5.63. The van der Waals surface area contributed by atoms with Crippen LogP contribution in [-0.2, 0) is 16.8 Å². The van der Waals surface area contributed by atoms with Crippen molar-refractivity contribution in [2.45, 2.75) is 44.1 Å². The number of nitrogens with zero attached hydrogens (tertiary/aromatic N) is 2. The van der Waals surface area contributed by atoms with Crippen molar-refractivity contribution in [2.75, 3.05) is 13.2 Å². The molecule has 0 atom stereocenters. The molecule has 1 N–H and O–H groups in total. The number of carbonyl (C=O) groups is 1. The molecule has 1 saturated carbocycles. The molecule has 2 aromatic rings. The van der Waals surface area contributed by atoms with Crippen molar-refractivity contribution < 1.29 is 9.90 Å². The molecule has 0 spiro atoms. The number of amides is 1. The lowest BCUT2D eigenvalue weighted by atomic mass is 9.72. The van der Waals surface area contributed by atoms with Crippen molar-refractivity contribution in [3.05, 3.63) is 52.5 Å². The molecular weight excluding hydrogens is 320 g/mol. The fourth-order valence-corrected chi connectivity index (χ4v) is 4.64. The fraction of sp³-hybridized carbons (Fsp3) is 0.474. The van der Waals surface area contributed by atoms with Gasteiger partial charge in [-0.25, -0.2) is 0 Å². The predicted molar refractivity (Wildman–Crippen MR) is 95.8 cm³/mol. The highest BCUT2D eigenvalue weighted by Crippen LogP contribution is 2.43. The van der Waals surface area contributed by atoms with Crippen LogP contribution in [0.5, 0.6) is 0 Å². The molecule has 3 rings (SSSR count). The van der Waals surface area contributed by atoms with Gasteiger partial charge in [-0.2, -0.15) is 0 Å². The van der Waals surface area contributed by atoms with Gasteiger partial charge in [0.05, 0.1) is 12.0 Å². The van der Waals surface area contributed by atoms with E-state index in [1.807, 2.05) is 23.1 Å². The van der Waals surface area contributed by atoms with Gasteiger partial charge in [-0.15, -0.1) is 11.3 Å². The minimum Gasteiger partial charge on any atom is -0.395 e. The zero-order chi connectivity index (χ0) is 16.8. The minimum absolute atomic E-state index is 0.0213. The maximum atomic E-state index is 13.5. The first kappa shape index (κ1) is 17.1. The van der Waals surface area contributed by atoms with E-state index in [-0.39, 0.29) is 12.5 Å². The highest BCUT2D eigenvalue weighted by Gasteiger charge is 2.44. The molecule has 1 fully saturated rings. The minimum atomic E-state index is -0.413. The molecule has 128 valence electrons. The summed E-state index contributed by atoms with van der Waals surface area (Å²) < 4.78 is 0. The van der Waals surface area contributed by atoms with E-state index in [0.717, 1.165) is 31.2 Å². The van der Waals surface area contributed by atoms with E-state index in [4.69, 9.17) is 0 Å². The first-order valence-corrected chi connectivity index (χ1v) is 9.47. The Balaban J connectivity index is 1.88.